The van der Waals surface area contributed by atoms with Crippen LogP contribution in [0.25, 0.3) is 5.57 Å². The molecule has 0 atom stereocenters. The Morgan fingerprint density at radius 1 is 0.844 bits per heavy atom. The van der Waals surface area contributed by atoms with Crippen LogP contribution in [0.4, 0.5) is 11.4 Å². The summed E-state index contributed by atoms with van der Waals surface area (Å²) in [5.74, 6) is -0.247. The van der Waals surface area contributed by atoms with Crippen LogP contribution in [0.1, 0.15) is 23.6 Å². The number of likely N-dealkylation sites (N-methyl/N-ethyl adjacent to an activating group) is 1. The lowest BCUT2D eigenvalue weighted by Gasteiger charge is -2.25. The molecule has 3 aromatic carbocycles. The summed E-state index contributed by atoms with van der Waals surface area (Å²) in [6, 6.07) is 22.6. The number of amides is 2. The number of benzene rings is 3. The van der Waals surface area contributed by atoms with Crippen molar-refractivity contribution in [2.75, 3.05) is 23.5 Å². The van der Waals surface area contributed by atoms with Gasteiger partial charge < -0.3 is 9.64 Å². The Balaban J connectivity index is 1.95. The minimum absolute atomic E-state index is 0.355. The van der Waals surface area contributed by atoms with Crippen LogP contribution in [0.15, 0.2) is 78.5 Å². The number of methoxy groups -OCH3 is 1. The fourth-order valence-corrected chi connectivity index (χ4v) is 4.04. The van der Waals surface area contributed by atoms with Crippen molar-refractivity contribution < 1.29 is 14.3 Å². The molecule has 0 saturated heterocycles. The monoisotopic (exact) mass is 426 g/mol. The van der Waals surface area contributed by atoms with Crippen molar-refractivity contribution in [2.45, 2.75) is 20.8 Å². The first kappa shape index (κ1) is 21.4. The maximum atomic E-state index is 13.8. The van der Waals surface area contributed by atoms with E-state index in [4.69, 9.17) is 4.74 Å². The molecule has 2 amide bonds. The van der Waals surface area contributed by atoms with Crippen molar-refractivity contribution in [3.63, 3.8) is 0 Å². The quantitative estimate of drug-likeness (QED) is 0.513. The van der Waals surface area contributed by atoms with Crippen LogP contribution in [-0.4, -0.2) is 25.5 Å². The molecular weight excluding hydrogens is 400 g/mol. The number of carbonyl (C=O) groups excluding carboxylic acids is 2. The second-order valence-corrected chi connectivity index (χ2v) is 7.72. The van der Waals surface area contributed by atoms with Gasteiger partial charge >= 0.3 is 0 Å². The Morgan fingerprint density at radius 2 is 1.53 bits per heavy atom. The zero-order chi connectivity index (χ0) is 22.8. The fraction of sp³-hybridized carbons (Fsp3) is 0.185. The van der Waals surface area contributed by atoms with Gasteiger partial charge in [-0.2, -0.15) is 0 Å². The number of rotatable bonds is 6. The number of hydrogen-bond acceptors (Lipinski definition) is 4. The van der Waals surface area contributed by atoms with Gasteiger partial charge in [0.25, 0.3) is 11.8 Å². The van der Waals surface area contributed by atoms with Crippen LogP contribution in [0, 0.1) is 13.8 Å². The van der Waals surface area contributed by atoms with Crippen LogP contribution >= 0.6 is 0 Å². The molecule has 1 aliphatic heterocycles. The molecule has 0 spiro atoms. The molecule has 1 heterocycles. The summed E-state index contributed by atoms with van der Waals surface area (Å²) in [5.41, 5.74) is 4.98. The molecule has 0 N–H and O–H groups in total. The van der Waals surface area contributed by atoms with E-state index in [2.05, 4.69) is 0 Å². The predicted octanol–water partition coefficient (Wildman–Crippen LogP) is 5.12. The van der Waals surface area contributed by atoms with E-state index in [1.807, 2.05) is 80.3 Å². The van der Waals surface area contributed by atoms with Gasteiger partial charge in [0.15, 0.2) is 0 Å². The Labute approximate surface area is 188 Å². The number of para-hydroxylation sites is 3. The lowest BCUT2D eigenvalue weighted by atomic mass is 9.99. The maximum Gasteiger partial charge on any atom is 0.282 e. The Morgan fingerprint density at radius 3 is 2.19 bits per heavy atom. The van der Waals surface area contributed by atoms with Crippen molar-refractivity contribution in [2.24, 2.45) is 0 Å². The van der Waals surface area contributed by atoms with Gasteiger partial charge in [-0.25, -0.2) is 4.90 Å². The fourth-order valence-electron chi connectivity index (χ4n) is 4.04. The molecule has 5 nitrogen and oxygen atoms in total. The van der Waals surface area contributed by atoms with Gasteiger partial charge in [-0.05, 0) is 61.7 Å². The molecule has 4 rings (SSSR count). The Hall–Kier alpha value is -3.86. The summed E-state index contributed by atoms with van der Waals surface area (Å²) >= 11 is 0. The number of ether oxygens (including phenoxy) is 1. The molecule has 5 heteroatoms. The van der Waals surface area contributed by atoms with E-state index in [1.54, 1.807) is 18.2 Å². The summed E-state index contributed by atoms with van der Waals surface area (Å²) < 4.78 is 5.46. The second kappa shape index (κ2) is 8.71. The molecule has 1 aliphatic rings. The highest BCUT2D eigenvalue weighted by molar-refractivity contribution is 6.46. The highest BCUT2D eigenvalue weighted by Gasteiger charge is 2.43. The molecular formula is C27H26N2O3. The van der Waals surface area contributed by atoms with Crippen LogP contribution in [-0.2, 0) is 9.59 Å². The summed E-state index contributed by atoms with van der Waals surface area (Å²) in [5, 5.41) is 0. The molecule has 32 heavy (non-hydrogen) atoms. The summed E-state index contributed by atoms with van der Waals surface area (Å²) in [6.45, 7) is 6.54. The smallest absolute Gasteiger partial charge is 0.282 e. The molecule has 162 valence electrons. The minimum Gasteiger partial charge on any atom is -0.495 e. The van der Waals surface area contributed by atoms with Crippen LogP contribution in [0.2, 0.25) is 0 Å². The van der Waals surface area contributed by atoms with Crippen molar-refractivity contribution in [3.05, 3.63) is 95.2 Å². The van der Waals surface area contributed by atoms with Crippen LogP contribution < -0.4 is 14.5 Å². The van der Waals surface area contributed by atoms with E-state index < -0.39 is 0 Å². The number of nitrogens with zero attached hydrogens (tertiary/aromatic N) is 2. The standard InChI is InChI=1S/C27H26N2O3/c1-5-28(21-11-7-6-8-12-21)25-24(20-16-15-18(2)19(3)17-20)26(30)29(27(25)31)22-13-9-10-14-23(22)32-4/h6-17H,5H2,1-4H3. The average molecular weight is 427 g/mol. The zero-order valence-corrected chi connectivity index (χ0v) is 18.8. The predicted molar refractivity (Wildman–Crippen MR) is 128 cm³/mol. The summed E-state index contributed by atoms with van der Waals surface area (Å²) in [4.78, 5) is 30.8. The highest BCUT2D eigenvalue weighted by Crippen LogP contribution is 2.39. The highest BCUT2D eigenvalue weighted by atomic mass is 16.5. The van der Waals surface area contributed by atoms with Crippen molar-refractivity contribution in [3.8, 4) is 5.75 Å². The summed E-state index contributed by atoms with van der Waals surface area (Å²) in [7, 11) is 1.53. The molecule has 3 aromatic rings. The number of imide groups is 1. The van der Waals surface area contributed by atoms with Gasteiger partial charge in [-0.15, -0.1) is 0 Å². The van der Waals surface area contributed by atoms with Crippen molar-refractivity contribution in [1.29, 1.82) is 0 Å². The van der Waals surface area contributed by atoms with Gasteiger partial charge in [0.05, 0.1) is 18.4 Å². The number of hydrogen-bond donors (Lipinski definition) is 0. The number of carbonyl (C=O) groups is 2. The maximum absolute atomic E-state index is 13.8. The molecule has 0 radical (unpaired) electrons. The van der Waals surface area contributed by atoms with Gasteiger partial charge in [0.2, 0.25) is 0 Å². The molecule has 0 aromatic heterocycles. The first-order chi connectivity index (χ1) is 15.5. The van der Waals surface area contributed by atoms with Gasteiger partial charge in [0, 0.05) is 12.2 Å². The van der Waals surface area contributed by atoms with Crippen molar-refractivity contribution in [1.82, 2.24) is 0 Å². The first-order valence-corrected chi connectivity index (χ1v) is 10.6. The average Bonchev–Trinajstić information content (AvgIpc) is 3.07. The third-order valence-corrected chi connectivity index (χ3v) is 5.84. The molecule has 0 fully saturated rings. The molecule has 0 bridgehead atoms. The Kier molecular flexibility index (Phi) is 5.82. The van der Waals surface area contributed by atoms with Crippen LogP contribution in [0.5, 0.6) is 5.75 Å². The van der Waals surface area contributed by atoms with E-state index in [9.17, 15) is 9.59 Å². The van der Waals surface area contributed by atoms with E-state index in [0.29, 0.717) is 29.3 Å². The third kappa shape index (κ3) is 3.56. The molecule has 0 saturated carbocycles. The Bertz CT molecular complexity index is 1210. The zero-order valence-electron chi connectivity index (χ0n) is 18.8. The minimum atomic E-state index is -0.363. The van der Waals surface area contributed by atoms with E-state index >= 15 is 0 Å². The van der Waals surface area contributed by atoms with E-state index in [1.165, 1.54) is 12.0 Å². The van der Waals surface area contributed by atoms with Gasteiger partial charge in [-0.3, -0.25) is 9.59 Å². The topological polar surface area (TPSA) is 49.9 Å². The van der Waals surface area contributed by atoms with E-state index in [-0.39, 0.29) is 11.8 Å². The first-order valence-electron chi connectivity index (χ1n) is 10.6. The lowest BCUT2D eigenvalue weighted by Crippen LogP contribution is -2.35. The summed E-state index contributed by atoms with van der Waals surface area (Å²) in [6.07, 6.45) is 0. The van der Waals surface area contributed by atoms with Crippen LogP contribution in [0.3, 0.4) is 0 Å². The second-order valence-electron chi connectivity index (χ2n) is 7.72. The normalized spacial score (nSPS) is 13.7. The van der Waals surface area contributed by atoms with Crippen molar-refractivity contribution >= 4 is 28.8 Å². The largest absolute Gasteiger partial charge is 0.495 e. The number of aryl methyl sites for hydroxylation is 2. The number of anilines is 2. The third-order valence-electron chi connectivity index (χ3n) is 5.84. The lowest BCUT2D eigenvalue weighted by molar-refractivity contribution is -0.120. The van der Waals surface area contributed by atoms with Gasteiger partial charge in [0.1, 0.15) is 11.4 Å². The van der Waals surface area contributed by atoms with E-state index in [0.717, 1.165) is 22.4 Å². The molecule has 0 unspecified atom stereocenters. The molecule has 0 aliphatic carbocycles. The van der Waals surface area contributed by atoms with Gasteiger partial charge in [-0.1, -0.05) is 48.5 Å². The SMILES string of the molecule is CCN(C1=C(c2ccc(C)c(C)c2)C(=O)N(c2ccccc2OC)C1=O)c1ccccc1.